The van der Waals surface area contributed by atoms with Crippen LogP contribution in [0.2, 0.25) is 0 Å². The number of carbonyl (C=O) groups is 2. The summed E-state index contributed by atoms with van der Waals surface area (Å²) >= 11 is 0.387. The van der Waals surface area contributed by atoms with Gasteiger partial charge in [0.1, 0.15) is 6.10 Å². The zero-order chi connectivity index (χ0) is 10.4. The molecular formula is C6H10O6S. The number of carbonyl (C=O) groups excluding carboxylic acids is 1. The molecule has 0 aromatic heterocycles. The van der Waals surface area contributed by atoms with Crippen LogP contribution in [0.25, 0.3) is 0 Å². The molecule has 0 bridgehead atoms. The molecule has 2 atom stereocenters. The fourth-order valence-electron chi connectivity index (χ4n) is 0.471. The van der Waals surface area contributed by atoms with Crippen LogP contribution in [0.4, 0.5) is 0 Å². The third-order valence-corrected chi connectivity index (χ3v) is 1.65. The van der Waals surface area contributed by atoms with Gasteiger partial charge in [-0.05, 0) is 0 Å². The van der Waals surface area contributed by atoms with E-state index in [0.717, 1.165) is 0 Å². The number of carboxylic acids is 1. The first-order valence-electron chi connectivity index (χ1n) is 3.34. The van der Waals surface area contributed by atoms with Crippen LogP contribution in [0.3, 0.4) is 0 Å². The van der Waals surface area contributed by atoms with E-state index < -0.39 is 29.9 Å². The summed E-state index contributed by atoms with van der Waals surface area (Å²) in [6.45, 7) is 0.542. The van der Waals surface area contributed by atoms with Crippen molar-refractivity contribution in [1.29, 1.82) is 0 Å². The number of aliphatic hydroxyl groups excluding tert-OH is 2. The zero-order valence-corrected chi connectivity index (χ0v) is 7.65. The highest BCUT2D eigenvalue weighted by Gasteiger charge is 2.26. The third-order valence-electron chi connectivity index (χ3n) is 1.07. The van der Waals surface area contributed by atoms with Crippen molar-refractivity contribution in [2.45, 2.75) is 19.1 Å². The maximum absolute atomic E-state index is 10.4. The average molecular weight is 210 g/mol. The molecule has 0 aromatic rings. The topological polar surface area (TPSA) is 104 Å². The second-order valence-corrected chi connectivity index (χ2v) is 3.11. The molecule has 13 heavy (non-hydrogen) atoms. The molecule has 0 spiro atoms. The highest BCUT2D eigenvalue weighted by Crippen LogP contribution is 2.11. The maximum atomic E-state index is 10.4. The van der Waals surface area contributed by atoms with Crippen LogP contribution in [-0.4, -0.2) is 45.2 Å². The smallest absolute Gasteiger partial charge is 0.335 e. The van der Waals surface area contributed by atoms with Gasteiger partial charge in [0.2, 0.25) is 5.12 Å². The Kier molecular flexibility index (Phi) is 5.63. The summed E-state index contributed by atoms with van der Waals surface area (Å²) in [5.41, 5.74) is 0. The molecule has 7 heteroatoms. The number of carboxylic acid groups (broad SMARTS) is 1. The minimum atomic E-state index is -1.84. The molecule has 0 radical (unpaired) electrons. The van der Waals surface area contributed by atoms with Crippen molar-refractivity contribution in [2.24, 2.45) is 0 Å². The van der Waals surface area contributed by atoms with Gasteiger partial charge in [-0.15, -0.1) is 0 Å². The molecular weight excluding hydrogens is 200 g/mol. The SMILES string of the molecule is CC(=O)SOC(CO)C(O)C(=O)O. The minimum absolute atomic E-state index is 0.387. The number of hydrogen-bond donors (Lipinski definition) is 3. The molecule has 0 fully saturated rings. The molecule has 0 saturated carbocycles. The van der Waals surface area contributed by atoms with E-state index in [1.165, 1.54) is 6.92 Å². The Bertz CT molecular complexity index is 194. The monoisotopic (exact) mass is 210 g/mol. The second kappa shape index (κ2) is 5.92. The van der Waals surface area contributed by atoms with Crippen LogP contribution in [0, 0.1) is 0 Å². The van der Waals surface area contributed by atoms with Crippen molar-refractivity contribution < 1.29 is 29.1 Å². The number of aliphatic hydroxyl groups is 2. The molecule has 2 unspecified atom stereocenters. The quantitative estimate of drug-likeness (QED) is 0.500. The van der Waals surface area contributed by atoms with Crippen molar-refractivity contribution in [3.8, 4) is 0 Å². The van der Waals surface area contributed by atoms with Gasteiger partial charge in [0.05, 0.1) is 18.6 Å². The van der Waals surface area contributed by atoms with E-state index in [1.807, 2.05) is 0 Å². The summed E-state index contributed by atoms with van der Waals surface area (Å²) < 4.78 is 4.56. The van der Waals surface area contributed by atoms with Crippen LogP contribution in [0.15, 0.2) is 0 Å². The first-order valence-corrected chi connectivity index (χ1v) is 4.08. The molecule has 0 aliphatic heterocycles. The molecule has 0 aliphatic rings. The predicted octanol–water partition coefficient (Wildman–Crippen LogP) is -0.996. The molecule has 76 valence electrons. The molecule has 0 rings (SSSR count). The molecule has 0 amide bonds. The van der Waals surface area contributed by atoms with E-state index in [4.69, 9.17) is 15.3 Å². The van der Waals surface area contributed by atoms with Gasteiger partial charge in [-0.1, -0.05) is 0 Å². The molecule has 0 saturated heterocycles. The van der Waals surface area contributed by atoms with Gasteiger partial charge in [0, 0.05) is 6.92 Å². The first-order chi connectivity index (χ1) is 5.99. The normalized spacial score (nSPS) is 15.0. The summed E-state index contributed by atoms with van der Waals surface area (Å²) in [5, 5.41) is 25.4. The van der Waals surface area contributed by atoms with Gasteiger partial charge in [-0.2, -0.15) is 0 Å². The van der Waals surface area contributed by atoms with Crippen LogP contribution in [0.5, 0.6) is 0 Å². The lowest BCUT2D eigenvalue weighted by atomic mass is 10.2. The summed E-state index contributed by atoms with van der Waals surface area (Å²) in [7, 11) is 0. The van der Waals surface area contributed by atoms with Crippen molar-refractivity contribution in [3.63, 3.8) is 0 Å². The molecule has 6 nitrogen and oxygen atoms in total. The lowest BCUT2D eigenvalue weighted by molar-refractivity contribution is -0.152. The third kappa shape index (κ3) is 4.83. The standard InChI is InChI=1S/C6H10O6S/c1-3(8)13-12-4(2-7)5(9)6(10)11/h4-5,7,9H,2H2,1H3,(H,10,11). The van der Waals surface area contributed by atoms with Gasteiger partial charge in [0.25, 0.3) is 0 Å². The minimum Gasteiger partial charge on any atom is -0.479 e. The highest BCUT2D eigenvalue weighted by atomic mass is 32.2. The van der Waals surface area contributed by atoms with Gasteiger partial charge in [-0.3, -0.25) is 8.98 Å². The van der Waals surface area contributed by atoms with Gasteiger partial charge >= 0.3 is 5.97 Å². The van der Waals surface area contributed by atoms with Crippen LogP contribution in [0.1, 0.15) is 6.92 Å². The zero-order valence-electron chi connectivity index (χ0n) is 6.84. The average Bonchev–Trinajstić information content (AvgIpc) is 2.04. The molecule has 3 N–H and O–H groups in total. The molecule has 0 heterocycles. The maximum Gasteiger partial charge on any atom is 0.335 e. The Morgan fingerprint density at radius 2 is 2.08 bits per heavy atom. The van der Waals surface area contributed by atoms with E-state index >= 15 is 0 Å². The number of rotatable bonds is 5. The van der Waals surface area contributed by atoms with Crippen LogP contribution in [-0.2, 0) is 13.8 Å². The second-order valence-electron chi connectivity index (χ2n) is 2.18. The number of hydrogen-bond acceptors (Lipinski definition) is 6. The van der Waals surface area contributed by atoms with E-state index in [0.29, 0.717) is 12.0 Å². The Hall–Kier alpha value is -0.630. The van der Waals surface area contributed by atoms with E-state index in [9.17, 15) is 9.59 Å². The Balaban J connectivity index is 4.02. The lowest BCUT2D eigenvalue weighted by Gasteiger charge is -2.15. The molecule has 0 aromatic carbocycles. The first kappa shape index (κ1) is 12.4. The van der Waals surface area contributed by atoms with E-state index in [-0.39, 0.29) is 0 Å². The van der Waals surface area contributed by atoms with Crippen molar-refractivity contribution in [1.82, 2.24) is 0 Å². The van der Waals surface area contributed by atoms with Crippen LogP contribution >= 0.6 is 12.0 Å². The van der Waals surface area contributed by atoms with Gasteiger partial charge in [0.15, 0.2) is 6.10 Å². The van der Waals surface area contributed by atoms with Crippen LogP contribution < -0.4 is 0 Å². The van der Waals surface area contributed by atoms with Crippen molar-refractivity contribution >= 4 is 23.1 Å². The van der Waals surface area contributed by atoms with Crippen molar-refractivity contribution in [2.75, 3.05) is 6.61 Å². The Morgan fingerprint density at radius 3 is 2.38 bits per heavy atom. The summed E-state index contributed by atoms with van der Waals surface area (Å²) in [6, 6.07) is 0. The fourth-order valence-corrected chi connectivity index (χ4v) is 0.897. The summed E-state index contributed by atoms with van der Waals surface area (Å²) in [5.74, 6) is -1.51. The fraction of sp³-hybridized carbons (Fsp3) is 0.667. The Morgan fingerprint density at radius 1 is 1.54 bits per heavy atom. The number of aliphatic carboxylic acids is 1. The van der Waals surface area contributed by atoms with E-state index in [2.05, 4.69) is 4.18 Å². The van der Waals surface area contributed by atoms with E-state index in [1.54, 1.807) is 0 Å². The highest BCUT2D eigenvalue weighted by molar-refractivity contribution is 8.09. The lowest BCUT2D eigenvalue weighted by Crippen LogP contribution is -2.37. The largest absolute Gasteiger partial charge is 0.479 e. The predicted molar refractivity (Wildman–Crippen MR) is 43.9 cm³/mol. The van der Waals surface area contributed by atoms with Gasteiger partial charge in [-0.25, -0.2) is 4.79 Å². The summed E-state index contributed by atoms with van der Waals surface area (Å²) in [4.78, 5) is 20.6. The van der Waals surface area contributed by atoms with Gasteiger partial charge < -0.3 is 15.3 Å². The van der Waals surface area contributed by atoms with Crippen molar-refractivity contribution in [3.05, 3.63) is 0 Å². The summed E-state index contributed by atoms with van der Waals surface area (Å²) in [6.07, 6.45) is -3.14. The Labute approximate surface area is 78.7 Å². The molecule has 0 aliphatic carbocycles.